The molecule has 1 saturated heterocycles. The van der Waals surface area contributed by atoms with E-state index in [2.05, 4.69) is 20.8 Å². The molecule has 0 spiro atoms. The smallest absolute Gasteiger partial charge is 0.243 e. The fourth-order valence-electron chi connectivity index (χ4n) is 3.76. The highest BCUT2D eigenvalue weighted by Gasteiger charge is 2.29. The number of thiazole rings is 1. The molecular weight excluding hydrogens is 526 g/mol. The maximum atomic E-state index is 13.0. The van der Waals surface area contributed by atoms with E-state index < -0.39 is 10.0 Å². The second-order valence-corrected chi connectivity index (χ2v) is 11.0. The van der Waals surface area contributed by atoms with Crippen molar-refractivity contribution >= 4 is 42.4 Å². The molecule has 10 heteroatoms. The molecule has 4 rings (SSSR count). The van der Waals surface area contributed by atoms with Crippen LogP contribution in [0.4, 0.5) is 5.13 Å². The molecule has 0 amide bonds. The SMILES string of the molecule is COc1ccc(OC)c(Cc2csc(N3CCN(S(=O)(=O)c4ccc(CBr)cc4)CC3)n2)c1. The topological polar surface area (TPSA) is 72.0 Å². The maximum absolute atomic E-state index is 13.0. The zero-order valence-electron chi connectivity index (χ0n) is 18.5. The van der Waals surface area contributed by atoms with Crippen molar-refractivity contribution in [2.24, 2.45) is 0 Å². The molecule has 2 aromatic carbocycles. The summed E-state index contributed by atoms with van der Waals surface area (Å²) < 4.78 is 38.4. The number of alkyl halides is 1. The van der Waals surface area contributed by atoms with Crippen molar-refractivity contribution in [2.75, 3.05) is 45.3 Å². The fraction of sp³-hybridized carbons (Fsp3) is 0.348. The lowest BCUT2D eigenvalue weighted by Gasteiger charge is -2.33. The van der Waals surface area contributed by atoms with Gasteiger partial charge in [0.1, 0.15) is 11.5 Å². The zero-order valence-corrected chi connectivity index (χ0v) is 21.7. The van der Waals surface area contributed by atoms with Gasteiger partial charge in [-0.2, -0.15) is 4.31 Å². The average Bonchev–Trinajstić information content (AvgIpc) is 3.32. The largest absolute Gasteiger partial charge is 0.497 e. The third-order valence-corrected chi connectivity index (χ3v) is 9.13. The first-order chi connectivity index (χ1) is 15.9. The predicted molar refractivity (Wildman–Crippen MR) is 135 cm³/mol. The van der Waals surface area contributed by atoms with E-state index in [1.165, 1.54) is 0 Å². The molecule has 0 atom stereocenters. The van der Waals surface area contributed by atoms with Crippen LogP contribution in [0.15, 0.2) is 52.7 Å². The molecule has 7 nitrogen and oxygen atoms in total. The first-order valence-electron chi connectivity index (χ1n) is 10.5. The highest BCUT2D eigenvalue weighted by Crippen LogP contribution is 2.29. The van der Waals surface area contributed by atoms with Crippen LogP contribution in [0.5, 0.6) is 11.5 Å². The number of anilines is 1. The van der Waals surface area contributed by atoms with E-state index in [0.717, 1.165) is 33.5 Å². The molecule has 33 heavy (non-hydrogen) atoms. The molecule has 3 aromatic rings. The van der Waals surface area contributed by atoms with Gasteiger partial charge in [-0.1, -0.05) is 28.1 Å². The van der Waals surface area contributed by atoms with E-state index in [-0.39, 0.29) is 0 Å². The van der Waals surface area contributed by atoms with Crippen molar-refractivity contribution in [3.63, 3.8) is 0 Å². The van der Waals surface area contributed by atoms with Crippen molar-refractivity contribution in [1.29, 1.82) is 0 Å². The van der Waals surface area contributed by atoms with Gasteiger partial charge in [0.05, 0.1) is 24.8 Å². The molecule has 2 heterocycles. The van der Waals surface area contributed by atoms with Gasteiger partial charge >= 0.3 is 0 Å². The normalized spacial score (nSPS) is 14.9. The van der Waals surface area contributed by atoms with E-state index in [4.69, 9.17) is 14.5 Å². The van der Waals surface area contributed by atoms with Gasteiger partial charge in [0.2, 0.25) is 10.0 Å². The zero-order chi connectivity index (χ0) is 23.4. The minimum atomic E-state index is -3.49. The Kier molecular flexibility index (Phi) is 7.58. The summed E-state index contributed by atoms with van der Waals surface area (Å²) in [5.74, 6) is 1.58. The van der Waals surface area contributed by atoms with Crippen molar-refractivity contribution < 1.29 is 17.9 Å². The van der Waals surface area contributed by atoms with Crippen molar-refractivity contribution in [2.45, 2.75) is 16.6 Å². The standard InChI is InChI=1S/C23H26BrN3O4S2/c1-30-20-5-8-22(31-2)18(14-20)13-19-16-32-23(25-19)26-9-11-27(12-10-26)33(28,29)21-6-3-17(15-24)4-7-21/h3-8,14,16H,9-13,15H2,1-2H3. The molecule has 1 fully saturated rings. The number of methoxy groups -OCH3 is 2. The summed E-state index contributed by atoms with van der Waals surface area (Å²) in [5.41, 5.74) is 3.00. The second-order valence-electron chi connectivity index (χ2n) is 7.64. The molecular formula is C23H26BrN3O4S2. The lowest BCUT2D eigenvalue weighted by Crippen LogP contribution is -2.48. The average molecular weight is 553 g/mol. The van der Waals surface area contributed by atoms with E-state index >= 15 is 0 Å². The summed E-state index contributed by atoms with van der Waals surface area (Å²) in [6.45, 7) is 2.07. The summed E-state index contributed by atoms with van der Waals surface area (Å²) in [7, 11) is -0.196. The van der Waals surface area contributed by atoms with Gasteiger partial charge in [0, 0.05) is 48.9 Å². The molecule has 1 aromatic heterocycles. The summed E-state index contributed by atoms with van der Waals surface area (Å²) >= 11 is 4.97. The molecule has 0 bridgehead atoms. The number of sulfonamides is 1. The van der Waals surface area contributed by atoms with Gasteiger partial charge in [-0.25, -0.2) is 13.4 Å². The minimum Gasteiger partial charge on any atom is -0.497 e. The van der Waals surface area contributed by atoms with Crippen molar-refractivity contribution in [3.05, 3.63) is 64.7 Å². The van der Waals surface area contributed by atoms with Crippen LogP contribution >= 0.6 is 27.3 Å². The molecule has 0 aliphatic carbocycles. The van der Waals surface area contributed by atoms with Crippen molar-refractivity contribution in [3.8, 4) is 11.5 Å². The van der Waals surface area contributed by atoms with Crippen LogP contribution in [0.2, 0.25) is 0 Å². The van der Waals surface area contributed by atoms with Gasteiger partial charge in [-0.3, -0.25) is 0 Å². The van der Waals surface area contributed by atoms with E-state index in [1.54, 1.807) is 42.0 Å². The van der Waals surface area contributed by atoms with Crippen LogP contribution < -0.4 is 14.4 Å². The predicted octanol–water partition coefficient (Wildman–Crippen LogP) is 4.16. The summed E-state index contributed by atoms with van der Waals surface area (Å²) in [4.78, 5) is 7.29. The van der Waals surface area contributed by atoms with Crippen LogP contribution in [0.3, 0.4) is 0 Å². The van der Waals surface area contributed by atoms with Crippen molar-refractivity contribution in [1.82, 2.24) is 9.29 Å². The van der Waals surface area contributed by atoms with Crippen LogP contribution in [0, 0.1) is 0 Å². The highest BCUT2D eigenvalue weighted by molar-refractivity contribution is 9.08. The number of halogens is 1. The van der Waals surface area contributed by atoms with Gasteiger partial charge in [0.15, 0.2) is 5.13 Å². The number of piperazine rings is 1. The van der Waals surface area contributed by atoms with E-state index in [1.807, 2.05) is 35.7 Å². The second kappa shape index (κ2) is 10.4. The Bertz CT molecular complexity index is 1190. The number of benzene rings is 2. The summed E-state index contributed by atoms with van der Waals surface area (Å²) in [5, 5.41) is 3.65. The Labute approximate surface area is 207 Å². The molecule has 1 aliphatic heterocycles. The Balaban J connectivity index is 1.41. The van der Waals surface area contributed by atoms with Gasteiger partial charge in [0.25, 0.3) is 0 Å². The molecule has 0 saturated carbocycles. The monoisotopic (exact) mass is 551 g/mol. The lowest BCUT2D eigenvalue weighted by atomic mass is 10.1. The number of nitrogens with zero attached hydrogens (tertiary/aromatic N) is 3. The van der Waals surface area contributed by atoms with Gasteiger partial charge in [-0.15, -0.1) is 11.3 Å². The van der Waals surface area contributed by atoms with Crippen LogP contribution in [0.25, 0.3) is 0 Å². The molecule has 0 N–H and O–H groups in total. The Morgan fingerprint density at radius 3 is 2.39 bits per heavy atom. The third kappa shape index (κ3) is 5.34. The molecule has 0 radical (unpaired) electrons. The van der Waals surface area contributed by atoms with E-state index in [9.17, 15) is 8.42 Å². The number of rotatable bonds is 8. The quantitative estimate of drug-likeness (QED) is 0.391. The number of aromatic nitrogens is 1. The third-order valence-electron chi connectivity index (χ3n) is 5.62. The van der Waals surface area contributed by atoms with Crippen LogP contribution in [-0.4, -0.2) is 58.1 Å². The molecule has 176 valence electrons. The number of ether oxygens (including phenoxy) is 2. The van der Waals surface area contributed by atoms with Gasteiger partial charge < -0.3 is 14.4 Å². The van der Waals surface area contributed by atoms with Gasteiger partial charge in [-0.05, 0) is 35.9 Å². The molecule has 0 unspecified atom stereocenters. The highest BCUT2D eigenvalue weighted by atomic mass is 79.9. The molecule has 1 aliphatic rings. The number of hydrogen-bond acceptors (Lipinski definition) is 7. The summed E-state index contributed by atoms with van der Waals surface area (Å²) in [6, 6.07) is 12.8. The fourth-order valence-corrected chi connectivity index (χ4v) is 6.43. The lowest BCUT2D eigenvalue weighted by molar-refractivity contribution is 0.384. The Morgan fingerprint density at radius 1 is 1.03 bits per heavy atom. The van der Waals surface area contributed by atoms with Crippen LogP contribution in [0.1, 0.15) is 16.8 Å². The van der Waals surface area contributed by atoms with E-state index in [0.29, 0.717) is 42.8 Å². The van der Waals surface area contributed by atoms with Crippen LogP contribution in [-0.2, 0) is 21.8 Å². The summed E-state index contributed by atoms with van der Waals surface area (Å²) in [6.07, 6.45) is 0.635. The minimum absolute atomic E-state index is 0.337. The maximum Gasteiger partial charge on any atom is 0.243 e. The Morgan fingerprint density at radius 2 is 1.76 bits per heavy atom. The number of hydrogen-bond donors (Lipinski definition) is 0. The first kappa shape index (κ1) is 24.0. The Hall–Kier alpha value is -2.14. The first-order valence-corrected chi connectivity index (χ1v) is 13.9.